The summed E-state index contributed by atoms with van der Waals surface area (Å²) in [7, 11) is 0. The standard InChI is InChI=1S/C14H21N3O3/c1-11(5-4-7-13(18)19)17-14(20)16-10-8-12-6-2-3-9-15-12/h2-3,6,9,11H,4-5,7-8,10H2,1H3,(H,18,19)(H2,16,17,20). The van der Waals surface area contributed by atoms with Crippen LogP contribution >= 0.6 is 0 Å². The summed E-state index contributed by atoms with van der Waals surface area (Å²) in [6.07, 6.45) is 3.75. The van der Waals surface area contributed by atoms with Crippen LogP contribution in [0.3, 0.4) is 0 Å². The lowest BCUT2D eigenvalue weighted by molar-refractivity contribution is -0.137. The molecule has 1 unspecified atom stereocenters. The highest BCUT2D eigenvalue weighted by atomic mass is 16.4. The van der Waals surface area contributed by atoms with E-state index >= 15 is 0 Å². The minimum absolute atomic E-state index is 0.0378. The molecule has 1 aromatic rings. The van der Waals surface area contributed by atoms with Crippen LogP contribution in [0.4, 0.5) is 4.79 Å². The number of rotatable bonds is 8. The molecule has 2 amide bonds. The van der Waals surface area contributed by atoms with Gasteiger partial charge in [-0.15, -0.1) is 0 Å². The molecule has 0 fully saturated rings. The first-order valence-corrected chi connectivity index (χ1v) is 6.74. The summed E-state index contributed by atoms with van der Waals surface area (Å²) in [5, 5.41) is 14.1. The monoisotopic (exact) mass is 279 g/mol. The lowest BCUT2D eigenvalue weighted by Gasteiger charge is -2.14. The maximum absolute atomic E-state index is 11.6. The molecule has 1 aromatic heterocycles. The van der Waals surface area contributed by atoms with Crippen LogP contribution in [-0.4, -0.2) is 34.7 Å². The SMILES string of the molecule is CC(CCCC(=O)O)NC(=O)NCCc1ccccn1. The summed E-state index contributed by atoms with van der Waals surface area (Å²) in [6.45, 7) is 2.38. The summed E-state index contributed by atoms with van der Waals surface area (Å²) in [5.41, 5.74) is 0.933. The highest BCUT2D eigenvalue weighted by molar-refractivity contribution is 5.74. The van der Waals surface area contributed by atoms with Gasteiger partial charge in [0, 0.05) is 37.3 Å². The molecule has 110 valence electrons. The number of pyridine rings is 1. The predicted molar refractivity (Wildman–Crippen MR) is 75.4 cm³/mol. The Kier molecular flexibility index (Phi) is 7.10. The van der Waals surface area contributed by atoms with Crippen LogP contribution in [0.5, 0.6) is 0 Å². The van der Waals surface area contributed by atoms with E-state index in [-0.39, 0.29) is 18.5 Å². The number of carboxylic acids is 1. The zero-order chi connectivity index (χ0) is 14.8. The van der Waals surface area contributed by atoms with Gasteiger partial charge in [-0.05, 0) is 31.9 Å². The van der Waals surface area contributed by atoms with E-state index in [0.29, 0.717) is 25.8 Å². The molecule has 1 heterocycles. The Hall–Kier alpha value is -2.11. The second kappa shape index (κ2) is 8.90. The molecule has 0 aliphatic carbocycles. The van der Waals surface area contributed by atoms with Crippen LogP contribution in [0.25, 0.3) is 0 Å². The fourth-order valence-electron chi connectivity index (χ4n) is 1.76. The van der Waals surface area contributed by atoms with Crippen molar-refractivity contribution in [1.29, 1.82) is 0 Å². The molecule has 0 radical (unpaired) electrons. The molecule has 0 saturated carbocycles. The largest absolute Gasteiger partial charge is 0.481 e. The third-order valence-electron chi connectivity index (χ3n) is 2.80. The van der Waals surface area contributed by atoms with E-state index < -0.39 is 5.97 Å². The Bertz CT molecular complexity index is 423. The lowest BCUT2D eigenvalue weighted by atomic mass is 10.1. The summed E-state index contributed by atoms with van der Waals surface area (Å²) in [6, 6.07) is 5.40. The molecule has 0 aliphatic rings. The topological polar surface area (TPSA) is 91.3 Å². The van der Waals surface area contributed by atoms with Gasteiger partial charge in [0.25, 0.3) is 0 Å². The second-order valence-electron chi connectivity index (χ2n) is 4.66. The lowest BCUT2D eigenvalue weighted by Crippen LogP contribution is -2.41. The van der Waals surface area contributed by atoms with Gasteiger partial charge in [-0.3, -0.25) is 9.78 Å². The van der Waals surface area contributed by atoms with Gasteiger partial charge in [0.1, 0.15) is 0 Å². The molecule has 1 atom stereocenters. The maximum Gasteiger partial charge on any atom is 0.315 e. The maximum atomic E-state index is 11.6. The average molecular weight is 279 g/mol. The molecule has 0 aromatic carbocycles. The smallest absolute Gasteiger partial charge is 0.315 e. The molecule has 6 nitrogen and oxygen atoms in total. The number of carboxylic acid groups (broad SMARTS) is 1. The number of nitrogens with zero attached hydrogens (tertiary/aromatic N) is 1. The van der Waals surface area contributed by atoms with Gasteiger partial charge in [0.15, 0.2) is 0 Å². The molecule has 0 aliphatic heterocycles. The minimum atomic E-state index is -0.808. The molecule has 20 heavy (non-hydrogen) atoms. The van der Waals surface area contributed by atoms with E-state index in [9.17, 15) is 9.59 Å². The Morgan fingerprint density at radius 1 is 1.40 bits per heavy atom. The number of carbonyl (C=O) groups excluding carboxylic acids is 1. The molecule has 0 spiro atoms. The van der Waals surface area contributed by atoms with E-state index in [4.69, 9.17) is 5.11 Å². The van der Waals surface area contributed by atoms with E-state index in [1.165, 1.54) is 0 Å². The Balaban J connectivity index is 2.12. The number of hydrogen-bond donors (Lipinski definition) is 3. The van der Waals surface area contributed by atoms with Crippen LogP contribution in [0.15, 0.2) is 24.4 Å². The number of carbonyl (C=O) groups is 2. The highest BCUT2D eigenvalue weighted by Gasteiger charge is 2.07. The number of aromatic nitrogens is 1. The Labute approximate surface area is 118 Å². The van der Waals surface area contributed by atoms with Crippen molar-refractivity contribution < 1.29 is 14.7 Å². The zero-order valence-corrected chi connectivity index (χ0v) is 11.6. The van der Waals surface area contributed by atoms with Gasteiger partial charge in [-0.1, -0.05) is 6.07 Å². The van der Waals surface area contributed by atoms with Crippen molar-refractivity contribution in [3.05, 3.63) is 30.1 Å². The second-order valence-corrected chi connectivity index (χ2v) is 4.66. The number of hydrogen-bond acceptors (Lipinski definition) is 3. The van der Waals surface area contributed by atoms with E-state index in [1.807, 2.05) is 25.1 Å². The Morgan fingerprint density at radius 3 is 2.85 bits per heavy atom. The van der Waals surface area contributed by atoms with Crippen LogP contribution in [-0.2, 0) is 11.2 Å². The van der Waals surface area contributed by atoms with E-state index in [1.54, 1.807) is 6.20 Å². The number of nitrogens with one attached hydrogen (secondary N) is 2. The van der Waals surface area contributed by atoms with Gasteiger partial charge in [-0.25, -0.2) is 4.79 Å². The first kappa shape index (κ1) is 15.9. The Morgan fingerprint density at radius 2 is 2.20 bits per heavy atom. The summed E-state index contributed by atoms with van der Waals surface area (Å²) in [5.74, 6) is -0.808. The number of urea groups is 1. The van der Waals surface area contributed by atoms with Gasteiger partial charge >= 0.3 is 12.0 Å². The van der Waals surface area contributed by atoms with Gasteiger partial charge in [0.05, 0.1) is 0 Å². The van der Waals surface area contributed by atoms with E-state index in [0.717, 1.165) is 5.69 Å². The predicted octanol–water partition coefficient (Wildman–Crippen LogP) is 1.57. The van der Waals surface area contributed by atoms with Crippen molar-refractivity contribution in [1.82, 2.24) is 15.6 Å². The van der Waals surface area contributed by atoms with E-state index in [2.05, 4.69) is 15.6 Å². The molecule has 0 saturated heterocycles. The summed E-state index contributed by atoms with van der Waals surface area (Å²) in [4.78, 5) is 26.1. The van der Waals surface area contributed by atoms with Crippen LogP contribution in [0.1, 0.15) is 31.9 Å². The van der Waals surface area contributed by atoms with Crippen molar-refractivity contribution in [2.75, 3.05) is 6.54 Å². The summed E-state index contributed by atoms with van der Waals surface area (Å²) < 4.78 is 0. The van der Waals surface area contributed by atoms with Crippen molar-refractivity contribution in [2.24, 2.45) is 0 Å². The fourth-order valence-corrected chi connectivity index (χ4v) is 1.76. The summed E-state index contributed by atoms with van der Waals surface area (Å²) >= 11 is 0. The molecule has 3 N–H and O–H groups in total. The normalized spacial score (nSPS) is 11.7. The number of aliphatic carboxylic acids is 1. The van der Waals surface area contributed by atoms with Crippen molar-refractivity contribution in [2.45, 2.75) is 38.6 Å². The molecular formula is C14H21N3O3. The molecule has 6 heteroatoms. The minimum Gasteiger partial charge on any atom is -0.481 e. The molecule has 0 bridgehead atoms. The quantitative estimate of drug-likeness (QED) is 0.673. The third kappa shape index (κ3) is 7.35. The molecule has 1 rings (SSSR count). The third-order valence-corrected chi connectivity index (χ3v) is 2.80. The number of amides is 2. The average Bonchev–Trinajstić information content (AvgIpc) is 2.39. The zero-order valence-electron chi connectivity index (χ0n) is 11.6. The van der Waals surface area contributed by atoms with Gasteiger partial charge in [0.2, 0.25) is 0 Å². The van der Waals surface area contributed by atoms with Gasteiger partial charge < -0.3 is 15.7 Å². The highest BCUT2D eigenvalue weighted by Crippen LogP contribution is 2.00. The van der Waals surface area contributed by atoms with Crippen LogP contribution in [0.2, 0.25) is 0 Å². The van der Waals surface area contributed by atoms with Crippen LogP contribution < -0.4 is 10.6 Å². The van der Waals surface area contributed by atoms with Gasteiger partial charge in [-0.2, -0.15) is 0 Å². The first-order valence-electron chi connectivity index (χ1n) is 6.74. The van der Waals surface area contributed by atoms with Crippen molar-refractivity contribution in [3.63, 3.8) is 0 Å². The molecular weight excluding hydrogens is 258 g/mol. The van der Waals surface area contributed by atoms with Crippen molar-refractivity contribution in [3.8, 4) is 0 Å². The van der Waals surface area contributed by atoms with Crippen LogP contribution in [0, 0.1) is 0 Å². The fraction of sp³-hybridized carbons (Fsp3) is 0.500. The first-order chi connectivity index (χ1) is 9.58. The van der Waals surface area contributed by atoms with Crippen molar-refractivity contribution >= 4 is 12.0 Å².